The van der Waals surface area contributed by atoms with E-state index in [0.29, 0.717) is 6.42 Å². The number of imide groups is 1. The van der Waals surface area contributed by atoms with E-state index in [1.807, 2.05) is 26.0 Å². The molecule has 0 aliphatic carbocycles. The number of carbonyl (C=O) groups is 2. The predicted octanol–water partition coefficient (Wildman–Crippen LogP) is 3.10. The van der Waals surface area contributed by atoms with Crippen LogP contribution in [0.4, 0.5) is 5.69 Å². The summed E-state index contributed by atoms with van der Waals surface area (Å²) in [6.07, 6.45) is 0.703. The number of nitrogens with zero attached hydrogens (tertiary/aromatic N) is 1. The molecule has 1 aliphatic heterocycles. The Morgan fingerprint density at radius 2 is 1.61 bits per heavy atom. The molecule has 1 aliphatic rings. The zero-order valence-corrected chi connectivity index (χ0v) is 18.8. The number of anilines is 1. The lowest BCUT2D eigenvalue weighted by molar-refractivity contribution is -0.121. The second-order valence-corrected chi connectivity index (χ2v) is 8.98. The molecule has 2 amide bonds. The molecule has 1 N–H and O–H groups in total. The lowest BCUT2D eigenvalue weighted by Crippen LogP contribution is -2.31. The Kier molecular flexibility index (Phi) is 6.66. The Morgan fingerprint density at radius 1 is 1.00 bits per heavy atom. The molecular formula is C22H26N2O6S. The Hall–Kier alpha value is -2.91. The third-order valence-corrected chi connectivity index (χ3v) is 6.75. The zero-order valence-electron chi connectivity index (χ0n) is 18.0. The molecule has 2 aromatic carbocycles. The smallest absolute Gasteiger partial charge is 0.241 e. The number of nitrogens with one attached hydrogen (secondary N) is 1. The van der Waals surface area contributed by atoms with Crippen LogP contribution >= 0.6 is 0 Å². The number of amides is 2. The van der Waals surface area contributed by atoms with E-state index in [4.69, 9.17) is 9.47 Å². The van der Waals surface area contributed by atoms with Gasteiger partial charge in [-0.15, -0.1) is 0 Å². The van der Waals surface area contributed by atoms with Crippen molar-refractivity contribution in [2.45, 2.75) is 44.0 Å². The molecule has 8 nitrogen and oxygen atoms in total. The van der Waals surface area contributed by atoms with Crippen LogP contribution in [0.5, 0.6) is 11.5 Å². The maximum atomic E-state index is 13.1. The van der Waals surface area contributed by atoms with Crippen molar-refractivity contribution in [1.29, 1.82) is 0 Å². The highest BCUT2D eigenvalue weighted by Gasteiger charge is 2.33. The summed E-state index contributed by atoms with van der Waals surface area (Å²) < 4.78 is 39.5. The summed E-state index contributed by atoms with van der Waals surface area (Å²) >= 11 is 0. The largest absolute Gasteiger partial charge is 0.496 e. The standard InChI is InChI=1S/C22H26N2O6S/c1-5-17(15-6-8-19(29-3)14(2)12-15)23-31(27,28)16-7-9-20(30-4)18(13-16)24-21(25)10-11-22(24)26/h6-9,12-13,17,23H,5,10-11H2,1-4H3. The van der Waals surface area contributed by atoms with Crippen LogP contribution in [0.2, 0.25) is 0 Å². The Morgan fingerprint density at radius 3 is 2.16 bits per heavy atom. The number of hydrogen-bond donors (Lipinski definition) is 1. The van der Waals surface area contributed by atoms with Gasteiger partial charge in [-0.2, -0.15) is 0 Å². The highest BCUT2D eigenvalue weighted by molar-refractivity contribution is 7.89. The third-order valence-electron chi connectivity index (χ3n) is 5.28. The van der Waals surface area contributed by atoms with Gasteiger partial charge in [0.25, 0.3) is 0 Å². The maximum Gasteiger partial charge on any atom is 0.241 e. The van der Waals surface area contributed by atoms with Crippen molar-refractivity contribution in [3.05, 3.63) is 47.5 Å². The predicted molar refractivity (Wildman–Crippen MR) is 116 cm³/mol. The molecule has 1 atom stereocenters. The summed E-state index contributed by atoms with van der Waals surface area (Å²) in [6.45, 7) is 3.77. The van der Waals surface area contributed by atoms with E-state index in [2.05, 4.69) is 4.72 Å². The summed E-state index contributed by atoms with van der Waals surface area (Å²) in [5.74, 6) is 0.207. The third kappa shape index (κ3) is 4.57. The van der Waals surface area contributed by atoms with Crippen molar-refractivity contribution < 1.29 is 27.5 Å². The number of sulfonamides is 1. The van der Waals surface area contributed by atoms with Crippen molar-refractivity contribution >= 4 is 27.5 Å². The van der Waals surface area contributed by atoms with Gasteiger partial charge in [0.1, 0.15) is 11.5 Å². The second-order valence-electron chi connectivity index (χ2n) is 7.27. The molecule has 3 rings (SSSR count). The van der Waals surface area contributed by atoms with Crippen LogP contribution in [0.25, 0.3) is 0 Å². The lowest BCUT2D eigenvalue weighted by atomic mass is 10.0. The first-order valence-corrected chi connectivity index (χ1v) is 11.4. The van der Waals surface area contributed by atoms with Crippen LogP contribution in [0.3, 0.4) is 0 Å². The van der Waals surface area contributed by atoms with Crippen molar-refractivity contribution in [1.82, 2.24) is 4.72 Å². The van der Waals surface area contributed by atoms with Gasteiger partial charge in [0.2, 0.25) is 21.8 Å². The molecule has 1 saturated heterocycles. The first-order chi connectivity index (χ1) is 14.7. The fraction of sp³-hybridized carbons (Fsp3) is 0.364. The van der Waals surface area contributed by atoms with Crippen LogP contribution in [-0.4, -0.2) is 34.5 Å². The summed E-state index contributed by atoms with van der Waals surface area (Å²) in [5.41, 5.74) is 1.84. The first-order valence-electron chi connectivity index (χ1n) is 9.92. The quantitative estimate of drug-likeness (QED) is 0.625. The fourth-order valence-electron chi connectivity index (χ4n) is 3.62. The Balaban J connectivity index is 1.95. The van der Waals surface area contributed by atoms with Gasteiger partial charge in [-0.3, -0.25) is 9.59 Å². The van der Waals surface area contributed by atoms with Crippen LogP contribution in [-0.2, 0) is 19.6 Å². The average molecular weight is 447 g/mol. The fourth-order valence-corrected chi connectivity index (χ4v) is 4.95. The molecule has 0 saturated carbocycles. The van der Waals surface area contributed by atoms with Gasteiger partial charge in [-0.1, -0.05) is 19.1 Å². The van der Waals surface area contributed by atoms with E-state index in [0.717, 1.165) is 21.8 Å². The van der Waals surface area contributed by atoms with Gasteiger partial charge in [-0.25, -0.2) is 18.0 Å². The van der Waals surface area contributed by atoms with Crippen LogP contribution in [0.15, 0.2) is 41.3 Å². The van der Waals surface area contributed by atoms with E-state index in [-0.39, 0.29) is 41.0 Å². The molecule has 0 spiro atoms. The number of hydrogen-bond acceptors (Lipinski definition) is 6. The highest BCUT2D eigenvalue weighted by Crippen LogP contribution is 2.35. The number of benzene rings is 2. The van der Waals surface area contributed by atoms with E-state index in [1.165, 1.54) is 25.3 Å². The number of aryl methyl sites for hydroxylation is 1. The Bertz CT molecular complexity index is 1100. The molecule has 0 radical (unpaired) electrons. The van der Waals surface area contributed by atoms with Gasteiger partial charge in [0, 0.05) is 18.9 Å². The normalized spacial score (nSPS) is 15.3. The van der Waals surface area contributed by atoms with E-state index in [9.17, 15) is 18.0 Å². The van der Waals surface area contributed by atoms with E-state index >= 15 is 0 Å². The summed E-state index contributed by atoms with van der Waals surface area (Å²) in [6, 6.07) is 9.19. The summed E-state index contributed by atoms with van der Waals surface area (Å²) in [4.78, 5) is 25.3. The van der Waals surface area contributed by atoms with Crippen molar-refractivity contribution in [3.8, 4) is 11.5 Å². The number of ether oxygens (including phenoxy) is 2. The molecule has 0 bridgehead atoms. The minimum Gasteiger partial charge on any atom is -0.496 e. The van der Waals surface area contributed by atoms with Gasteiger partial charge < -0.3 is 9.47 Å². The molecule has 0 aromatic heterocycles. The van der Waals surface area contributed by atoms with Crippen LogP contribution in [0, 0.1) is 6.92 Å². The van der Waals surface area contributed by atoms with Crippen LogP contribution in [0.1, 0.15) is 43.4 Å². The van der Waals surface area contributed by atoms with Gasteiger partial charge in [0.15, 0.2) is 0 Å². The molecule has 31 heavy (non-hydrogen) atoms. The minimum absolute atomic E-state index is 0.0560. The van der Waals surface area contributed by atoms with Crippen molar-refractivity contribution in [2.24, 2.45) is 0 Å². The van der Waals surface area contributed by atoms with Crippen molar-refractivity contribution in [3.63, 3.8) is 0 Å². The van der Waals surface area contributed by atoms with Crippen LogP contribution < -0.4 is 19.1 Å². The average Bonchev–Trinajstić information content (AvgIpc) is 3.09. The molecule has 1 heterocycles. The zero-order chi connectivity index (χ0) is 22.8. The molecule has 9 heteroatoms. The molecule has 1 unspecified atom stereocenters. The highest BCUT2D eigenvalue weighted by atomic mass is 32.2. The molecule has 1 fully saturated rings. The maximum absolute atomic E-state index is 13.1. The SMILES string of the molecule is CCC(NS(=O)(=O)c1ccc(OC)c(N2C(=O)CCC2=O)c1)c1ccc(OC)c(C)c1. The van der Waals surface area contributed by atoms with E-state index < -0.39 is 16.1 Å². The lowest BCUT2D eigenvalue weighted by Gasteiger charge is -2.21. The molecular weight excluding hydrogens is 420 g/mol. The number of rotatable bonds is 8. The molecule has 2 aromatic rings. The van der Waals surface area contributed by atoms with Gasteiger partial charge in [-0.05, 0) is 48.7 Å². The van der Waals surface area contributed by atoms with E-state index in [1.54, 1.807) is 13.2 Å². The van der Waals surface area contributed by atoms with Gasteiger partial charge >= 0.3 is 0 Å². The Labute approximate surface area is 182 Å². The number of carbonyl (C=O) groups excluding carboxylic acids is 2. The summed E-state index contributed by atoms with van der Waals surface area (Å²) in [7, 11) is -0.966. The topological polar surface area (TPSA) is 102 Å². The van der Waals surface area contributed by atoms with Gasteiger partial charge in [0.05, 0.1) is 24.8 Å². The minimum atomic E-state index is -3.95. The first kappa shape index (κ1) is 22.8. The molecule has 166 valence electrons. The number of methoxy groups -OCH3 is 2. The summed E-state index contributed by atoms with van der Waals surface area (Å²) in [5, 5.41) is 0. The monoisotopic (exact) mass is 446 g/mol. The van der Waals surface area contributed by atoms with Crippen molar-refractivity contribution in [2.75, 3.05) is 19.1 Å². The second kappa shape index (κ2) is 9.07.